The van der Waals surface area contributed by atoms with Crippen LogP contribution in [-0.2, 0) is 56.0 Å². The van der Waals surface area contributed by atoms with Crippen LogP contribution in [0.25, 0.3) is 10.9 Å². The zero-order chi connectivity index (χ0) is 54.2. The number of rotatable bonds is 18. The van der Waals surface area contributed by atoms with Crippen LogP contribution in [0.3, 0.4) is 0 Å². The Hall–Kier alpha value is -7.89. The molecule has 2 aromatic carbocycles. The van der Waals surface area contributed by atoms with Gasteiger partial charge in [0.25, 0.3) is 0 Å². The van der Waals surface area contributed by atoms with E-state index >= 15 is 0 Å². The Balaban J connectivity index is 1.75. The lowest BCUT2D eigenvalue weighted by Gasteiger charge is -2.27. The van der Waals surface area contributed by atoms with Gasteiger partial charge in [-0.3, -0.25) is 48.3 Å². The second-order valence-electron chi connectivity index (χ2n) is 18.3. The maximum Gasteiger partial charge on any atom is 0.326 e. The van der Waals surface area contributed by atoms with Gasteiger partial charge in [-0.05, 0) is 87.9 Å². The number of ketones is 2. The van der Waals surface area contributed by atoms with Gasteiger partial charge in [-0.25, -0.2) is 4.79 Å². The molecule has 402 valence electrons. The number of aromatic nitrogens is 1. The van der Waals surface area contributed by atoms with Crippen LogP contribution in [0.15, 0.2) is 70.8 Å². The van der Waals surface area contributed by atoms with E-state index in [0.29, 0.717) is 11.1 Å². The molecule has 0 bridgehead atoms. The molecule has 6 amide bonds. The van der Waals surface area contributed by atoms with Crippen LogP contribution < -0.4 is 60.6 Å². The van der Waals surface area contributed by atoms with E-state index in [1.807, 2.05) is 24.3 Å². The van der Waals surface area contributed by atoms with Crippen molar-refractivity contribution in [2.45, 2.75) is 121 Å². The van der Waals surface area contributed by atoms with Crippen molar-refractivity contribution in [3.63, 3.8) is 0 Å². The number of hydrogen-bond donors (Lipinski definition) is 13. The first-order valence-corrected chi connectivity index (χ1v) is 24.8. The number of aromatic amines is 1. The highest BCUT2D eigenvalue weighted by Gasteiger charge is 2.35. The van der Waals surface area contributed by atoms with E-state index in [-0.39, 0.29) is 109 Å². The molecule has 1 saturated heterocycles. The summed E-state index contributed by atoms with van der Waals surface area (Å²) < 4.78 is 0. The molecule has 1 aliphatic heterocycles. The van der Waals surface area contributed by atoms with Crippen molar-refractivity contribution in [1.82, 2.24) is 36.9 Å². The van der Waals surface area contributed by atoms with Gasteiger partial charge in [0.1, 0.15) is 30.0 Å². The average Bonchev–Trinajstić information content (AvgIpc) is 3.76. The van der Waals surface area contributed by atoms with Crippen LogP contribution in [0.4, 0.5) is 0 Å². The number of carbonyl (C=O) groups is 9. The van der Waals surface area contributed by atoms with E-state index in [1.165, 1.54) is 6.92 Å². The molecule has 1 fully saturated rings. The Kier molecular flexibility index (Phi) is 24.0. The highest BCUT2D eigenvalue weighted by atomic mass is 16.4. The van der Waals surface area contributed by atoms with Crippen molar-refractivity contribution >= 4 is 75.8 Å². The van der Waals surface area contributed by atoms with Crippen LogP contribution in [0.5, 0.6) is 0 Å². The minimum Gasteiger partial charge on any atom is -0.480 e. The fourth-order valence-electron chi connectivity index (χ4n) is 8.62. The number of fused-ring (bicyclic) bond motifs is 1. The summed E-state index contributed by atoms with van der Waals surface area (Å²) in [4.78, 5) is 135. The summed E-state index contributed by atoms with van der Waals surface area (Å²) in [5.41, 5.74) is 30.1. The lowest BCUT2D eigenvalue weighted by atomic mass is 9.83. The normalized spacial score (nSPS) is 21.4. The number of Topliss-reactive ketones (excluding diaryl/α,β-unsaturated/α-hetero) is 2. The first-order valence-electron chi connectivity index (χ1n) is 24.8. The number of nitrogens with two attached hydrogens (primary N) is 5. The lowest BCUT2D eigenvalue weighted by Crippen LogP contribution is -2.59. The molecule has 0 spiro atoms. The van der Waals surface area contributed by atoms with Crippen molar-refractivity contribution in [2.24, 2.45) is 50.5 Å². The van der Waals surface area contributed by atoms with Gasteiger partial charge < -0.3 is 70.7 Å². The summed E-state index contributed by atoms with van der Waals surface area (Å²) in [6.45, 7) is 1.29. The van der Waals surface area contributed by atoms with Gasteiger partial charge in [-0.15, -0.1) is 0 Å². The largest absolute Gasteiger partial charge is 0.480 e. The number of H-pyrrole nitrogens is 1. The highest BCUT2D eigenvalue weighted by molar-refractivity contribution is 5.99. The number of carbonyl (C=O) groups excluding carboxylic acids is 8. The van der Waals surface area contributed by atoms with Crippen molar-refractivity contribution in [3.05, 3.63) is 71.9 Å². The molecule has 1 aliphatic rings. The predicted octanol–water partition coefficient (Wildman–Crippen LogP) is -1.22. The number of benzene rings is 2. The van der Waals surface area contributed by atoms with Gasteiger partial charge in [0.2, 0.25) is 35.4 Å². The molecule has 1 aromatic heterocycles. The van der Waals surface area contributed by atoms with E-state index in [9.17, 15) is 48.3 Å². The molecule has 0 unspecified atom stereocenters. The molecule has 0 saturated carbocycles. The number of carboxylic acid groups (broad SMARTS) is 1. The van der Waals surface area contributed by atoms with Gasteiger partial charge in [0, 0.05) is 68.3 Å². The van der Waals surface area contributed by atoms with Gasteiger partial charge in [-0.1, -0.05) is 48.5 Å². The Bertz CT molecular complexity index is 2470. The Morgan fingerprint density at radius 2 is 1.41 bits per heavy atom. The number of aliphatic carboxylic acids is 1. The Labute approximate surface area is 429 Å². The Morgan fingerprint density at radius 3 is 2.08 bits per heavy atom. The second-order valence-corrected chi connectivity index (χ2v) is 18.3. The molecule has 3 aromatic rings. The molecular formula is C50H72N14O10. The zero-order valence-electron chi connectivity index (χ0n) is 41.7. The number of aliphatic imine (C=N–C) groups is 2. The van der Waals surface area contributed by atoms with E-state index in [1.54, 1.807) is 36.5 Å². The topological polar surface area (TPSA) is 417 Å². The maximum atomic E-state index is 14.7. The minimum absolute atomic E-state index is 0.00197. The standard InChI is InChI=1S/C50H72N14O10/c1-29(65)60-36(17-10-22-58-50(54)55)45(70)64-40-27-43(68)56-20-8-7-16-38(48(73)74)62-44(69)32(24-33-28-59-35-15-6-5-14-34(33)35)26-41(66)31(13-9-21-57-49(52)53)25-42(67)39(23-30-11-3-2-4-12-30)63-46(71)37(18-19-51)61-47(40)72/h2-6,11-12,14-15,28,31-32,36-40,59H,7-10,13,16-27,51H2,1H3,(H,56,68)(H,60,65)(H,61,72)(H,62,69)(H,63,71)(H,64,70)(H,73,74)(H4,52,53,57)(H4,54,55,58)/t31-,32-,36+,37+,38+,39-,40+/m1/s1. The van der Waals surface area contributed by atoms with Crippen LogP contribution in [0, 0.1) is 11.8 Å². The molecule has 24 heteroatoms. The SMILES string of the molecule is CC(=O)N[C@@H](CCCN=C(N)N)C(=O)N[C@H]1CC(=O)NCCCC[C@@H](C(=O)O)NC(=O)[C@H](Cc2c[nH]c3ccccc23)CC(=O)[C@H](CCCN=C(N)N)CC(=O)[C@@H](Cc2ccccc2)NC(=O)[C@H](CCN)NC1=O. The molecule has 0 radical (unpaired) electrons. The maximum absolute atomic E-state index is 14.7. The number of nitrogens with one attached hydrogen (secondary N) is 7. The number of guanidine groups is 2. The zero-order valence-corrected chi connectivity index (χ0v) is 41.7. The molecule has 4 rings (SSSR count). The number of nitrogens with zero attached hydrogens (tertiary/aromatic N) is 2. The first kappa shape index (κ1) is 58.7. The molecule has 24 nitrogen and oxygen atoms in total. The van der Waals surface area contributed by atoms with Crippen LogP contribution >= 0.6 is 0 Å². The smallest absolute Gasteiger partial charge is 0.326 e. The summed E-state index contributed by atoms with van der Waals surface area (Å²) in [5.74, 6) is -9.45. The number of carboxylic acids is 1. The quantitative estimate of drug-likeness (QED) is 0.0404. The molecule has 74 heavy (non-hydrogen) atoms. The third kappa shape index (κ3) is 20.0. The predicted molar refractivity (Wildman–Crippen MR) is 276 cm³/mol. The van der Waals surface area contributed by atoms with Gasteiger partial charge >= 0.3 is 5.97 Å². The van der Waals surface area contributed by atoms with Crippen molar-refractivity contribution in [3.8, 4) is 0 Å². The van der Waals surface area contributed by atoms with E-state index < -0.39 is 108 Å². The number of para-hydroxylation sites is 1. The first-order chi connectivity index (χ1) is 35.3. The minimum atomic E-state index is -1.62. The summed E-state index contributed by atoms with van der Waals surface area (Å²) in [6.07, 6.45) is 1.10. The number of hydrogen-bond acceptors (Lipinski definition) is 12. The van der Waals surface area contributed by atoms with E-state index in [4.69, 9.17) is 28.7 Å². The monoisotopic (exact) mass is 1030 g/mol. The van der Waals surface area contributed by atoms with Crippen LogP contribution in [0.1, 0.15) is 88.7 Å². The summed E-state index contributed by atoms with van der Waals surface area (Å²) >= 11 is 0. The molecular weight excluding hydrogens is 957 g/mol. The third-order valence-electron chi connectivity index (χ3n) is 12.5. The number of amides is 6. The van der Waals surface area contributed by atoms with E-state index in [0.717, 1.165) is 10.9 Å². The van der Waals surface area contributed by atoms with E-state index in [2.05, 4.69) is 46.9 Å². The third-order valence-corrected chi connectivity index (χ3v) is 12.5. The van der Waals surface area contributed by atoms with Crippen molar-refractivity contribution in [1.29, 1.82) is 0 Å². The molecule has 18 N–H and O–H groups in total. The van der Waals surface area contributed by atoms with Gasteiger partial charge in [0.15, 0.2) is 17.7 Å². The molecule has 0 aliphatic carbocycles. The summed E-state index contributed by atoms with van der Waals surface area (Å²) in [5, 5.41) is 26.8. The molecule has 7 atom stereocenters. The Morgan fingerprint density at radius 1 is 0.743 bits per heavy atom. The van der Waals surface area contributed by atoms with Crippen LogP contribution in [-0.4, -0.2) is 131 Å². The average molecular weight is 1030 g/mol. The van der Waals surface area contributed by atoms with Gasteiger partial charge in [0.05, 0.1) is 12.5 Å². The summed E-state index contributed by atoms with van der Waals surface area (Å²) in [7, 11) is 0. The fourth-order valence-corrected chi connectivity index (χ4v) is 8.62. The van der Waals surface area contributed by atoms with Crippen molar-refractivity contribution in [2.75, 3.05) is 26.2 Å². The second kappa shape index (κ2) is 30.2. The molecule has 2 heterocycles. The van der Waals surface area contributed by atoms with Gasteiger partial charge in [-0.2, -0.15) is 0 Å². The summed E-state index contributed by atoms with van der Waals surface area (Å²) in [6, 6.07) is 9.21. The van der Waals surface area contributed by atoms with Crippen molar-refractivity contribution < 1.29 is 48.3 Å². The fraction of sp³-hybridized carbons (Fsp3) is 0.500. The highest BCUT2D eigenvalue weighted by Crippen LogP contribution is 2.26. The van der Waals surface area contributed by atoms with Crippen LogP contribution in [0.2, 0.25) is 0 Å². The lowest BCUT2D eigenvalue weighted by molar-refractivity contribution is -0.143.